The first-order chi connectivity index (χ1) is 3.65. The lowest BCUT2D eigenvalue weighted by Crippen LogP contribution is -2.56. The van der Waals surface area contributed by atoms with Crippen molar-refractivity contribution < 1.29 is 14.5 Å². The molecule has 1 saturated heterocycles. The Morgan fingerprint density at radius 3 is 2.12 bits per heavy atom. The number of hydroxylamine groups is 3. The van der Waals surface area contributed by atoms with Gasteiger partial charge in [-0.25, -0.2) is 0 Å². The number of amides is 1. The van der Waals surface area contributed by atoms with Gasteiger partial charge in [0.2, 0.25) is 0 Å². The molecule has 8 heavy (non-hydrogen) atoms. The Balaban J connectivity index is 2.53. The molecule has 4 heteroatoms. The third-order valence-electron chi connectivity index (χ3n) is 1.39. The highest BCUT2D eigenvalue weighted by atomic mass is 16.6. The van der Waals surface area contributed by atoms with Gasteiger partial charge in [-0.2, -0.15) is 4.79 Å². The van der Waals surface area contributed by atoms with Gasteiger partial charge in [-0.15, -0.1) is 0 Å². The monoisotopic (exact) mass is 117 g/mol. The summed E-state index contributed by atoms with van der Waals surface area (Å²) in [7, 11) is 0. The van der Waals surface area contributed by atoms with Crippen LogP contribution in [0.25, 0.3) is 0 Å². The second kappa shape index (κ2) is 1.43. The molecule has 1 amide bonds. The fourth-order valence-corrected chi connectivity index (χ4v) is 0.637. The molecule has 1 aliphatic rings. The Morgan fingerprint density at radius 2 is 2.12 bits per heavy atom. The molecule has 46 valence electrons. The number of likely N-dealkylation sites (tertiary alicyclic amines) is 1. The topological polar surface area (TPSA) is 60.4 Å². The van der Waals surface area contributed by atoms with E-state index in [0.717, 1.165) is 6.42 Å². The van der Waals surface area contributed by atoms with E-state index in [1.165, 1.54) is 0 Å². The van der Waals surface area contributed by atoms with E-state index in [9.17, 15) is 10.0 Å². The molecule has 1 aliphatic heterocycles. The van der Waals surface area contributed by atoms with Gasteiger partial charge in [0.15, 0.2) is 0 Å². The second-order valence-corrected chi connectivity index (χ2v) is 1.97. The van der Waals surface area contributed by atoms with Crippen molar-refractivity contribution in [3.8, 4) is 0 Å². The highest BCUT2D eigenvalue weighted by Gasteiger charge is 2.34. The maximum Gasteiger partial charge on any atom is 0.513 e. The summed E-state index contributed by atoms with van der Waals surface area (Å²) in [4.78, 5) is 9.96. The van der Waals surface area contributed by atoms with Crippen LogP contribution in [0.1, 0.15) is 6.42 Å². The molecule has 0 unspecified atom stereocenters. The normalized spacial score (nSPS) is 24.1. The lowest BCUT2D eigenvalue weighted by atomic mass is 10.2. The summed E-state index contributed by atoms with van der Waals surface area (Å²) in [6.45, 7) is 0.491. The maximum absolute atomic E-state index is 10.6. The molecular weight excluding hydrogens is 110 g/mol. The number of carboxylic acid groups (broad SMARTS) is 1. The van der Waals surface area contributed by atoms with Crippen LogP contribution in [0.15, 0.2) is 0 Å². The van der Waals surface area contributed by atoms with E-state index in [0.29, 0.717) is 0 Å². The van der Waals surface area contributed by atoms with Crippen LogP contribution >= 0.6 is 0 Å². The van der Waals surface area contributed by atoms with E-state index in [2.05, 4.69) is 0 Å². The third kappa shape index (κ3) is 0.579. The number of quaternary nitrogens is 1. The molecule has 0 aromatic rings. The number of rotatable bonds is 0. The SMILES string of the molecule is O=C(O)[N+]1([O-])CCC1. The zero-order valence-corrected chi connectivity index (χ0v) is 4.33. The number of hydrogen-bond donors (Lipinski definition) is 1. The Bertz CT molecular complexity index is 118. The largest absolute Gasteiger partial charge is 0.622 e. The van der Waals surface area contributed by atoms with Crippen LogP contribution in [0.4, 0.5) is 4.79 Å². The first-order valence-electron chi connectivity index (χ1n) is 2.47. The van der Waals surface area contributed by atoms with Crippen LogP contribution in [0.2, 0.25) is 0 Å². The summed E-state index contributed by atoms with van der Waals surface area (Å²) >= 11 is 0. The fraction of sp³-hybridized carbons (Fsp3) is 0.750. The van der Waals surface area contributed by atoms with Crippen molar-refractivity contribution in [1.29, 1.82) is 0 Å². The van der Waals surface area contributed by atoms with E-state index in [4.69, 9.17) is 5.11 Å². The van der Waals surface area contributed by atoms with Gasteiger partial charge < -0.3 is 10.3 Å². The lowest BCUT2D eigenvalue weighted by Gasteiger charge is -2.43. The van der Waals surface area contributed by atoms with Crippen molar-refractivity contribution in [2.24, 2.45) is 0 Å². The molecule has 1 rings (SSSR count). The van der Waals surface area contributed by atoms with Crippen molar-refractivity contribution in [3.63, 3.8) is 0 Å². The standard InChI is InChI=1S/C4H7NO3/c6-4(7)5(8)2-1-3-5/h1-3H2,(H,6,7). The van der Waals surface area contributed by atoms with Crippen LogP contribution < -0.4 is 0 Å². The zero-order chi connectivity index (χ0) is 6.20. The molecule has 0 saturated carbocycles. The highest BCUT2D eigenvalue weighted by Crippen LogP contribution is 2.17. The van der Waals surface area contributed by atoms with E-state index >= 15 is 0 Å². The molecule has 4 nitrogen and oxygen atoms in total. The van der Waals surface area contributed by atoms with Gasteiger partial charge in [0.1, 0.15) is 0 Å². The molecule has 1 N–H and O–H groups in total. The number of carbonyl (C=O) groups is 1. The van der Waals surface area contributed by atoms with Gasteiger partial charge in [0.25, 0.3) is 0 Å². The lowest BCUT2D eigenvalue weighted by molar-refractivity contribution is -0.848. The van der Waals surface area contributed by atoms with E-state index < -0.39 is 10.7 Å². The number of hydrogen-bond acceptors (Lipinski definition) is 2. The summed E-state index contributed by atoms with van der Waals surface area (Å²) in [5.74, 6) is 0. The summed E-state index contributed by atoms with van der Waals surface area (Å²) in [6.07, 6.45) is -0.508. The summed E-state index contributed by atoms with van der Waals surface area (Å²) in [5, 5.41) is 18.7. The molecule has 0 atom stereocenters. The van der Waals surface area contributed by atoms with Crippen LogP contribution in [-0.2, 0) is 0 Å². The molecule has 0 aromatic heterocycles. The van der Waals surface area contributed by atoms with Crippen molar-refractivity contribution in [1.82, 2.24) is 0 Å². The quantitative estimate of drug-likeness (QED) is 0.368. The summed E-state index contributed by atoms with van der Waals surface area (Å²) in [5.41, 5.74) is 0. The van der Waals surface area contributed by atoms with Crippen LogP contribution in [-0.4, -0.2) is 28.9 Å². The molecular formula is C4H7NO3. The van der Waals surface area contributed by atoms with Gasteiger partial charge >= 0.3 is 6.09 Å². The minimum Gasteiger partial charge on any atom is -0.622 e. The fourth-order valence-electron chi connectivity index (χ4n) is 0.637. The minimum absolute atomic E-state index is 0.245. The average molecular weight is 117 g/mol. The van der Waals surface area contributed by atoms with Crippen molar-refractivity contribution in [3.05, 3.63) is 5.21 Å². The third-order valence-corrected chi connectivity index (χ3v) is 1.39. The van der Waals surface area contributed by atoms with Gasteiger partial charge in [-0.1, -0.05) is 0 Å². The van der Waals surface area contributed by atoms with Gasteiger partial charge in [-0.05, 0) is 0 Å². The first-order valence-corrected chi connectivity index (χ1v) is 2.47. The molecule has 1 heterocycles. The van der Waals surface area contributed by atoms with Gasteiger partial charge in [0.05, 0.1) is 13.1 Å². The Morgan fingerprint density at radius 1 is 1.62 bits per heavy atom. The predicted octanol–water partition coefficient (Wildman–Crippen LogP) is 0.383. The van der Waals surface area contributed by atoms with E-state index in [1.807, 2.05) is 0 Å². The zero-order valence-electron chi connectivity index (χ0n) is 4.33. The first kappa shape index (κ1) is 5.53. The number of nitrogens with zero attached hydrogens (tertiary/aromatic N) is 1. The Kier molecular flexibility index (Phi) is 0.988. The molecule has 0 radical (unpaired) electrons. The van der Waals surface area contributed by atoms with Crippen LogP contribution in [0.5, 0.6) is 0 Å². The van der Waals surface area contributed by atoms with E-state index in [1.54, 1.807) is 0 Å². The average Bonchev–Trinajstić information content (AvgIpc) is 1.60. The molecule has 0 spiro atoms. The smallest absolute Gasteiger partial charge is 0.513 e. The predicted molar refractivity (Wildman–Crippen MR) is 26.0 cm³/mol. The Hall–Kier alpha value is -0.610. The Labute approximate surface area is 46.5 Å². The highest BCUT2D eigenvalue weighted by molar-refractivity contribution is 5.57. The van der Waals surface area contributed by atoms with Crippen LogP contribution in [0.3, 0.4) is 0 Å². The maximum atomic E-state index is 10.6. The summed E-state index contributed by atoms with van der Waals surface area (Å²) in [6, 6.07) is 0. The van der Waals surface area contributed by atoms with Crippen molar-refractivity contribution >= 4 is 6.09 Å². The molecule has 0 aromatic carbocycles. The second-order valence-electron chi connectivity index (χ2n) is 1.97. The van der Waals surface area contributed by atoms with E-state index in [-0.39, 0.29) is 13.1 Å². The summed E-state index contributed by atoms with van der Waals surface area (Å²) < 4.78 is -1.03. The van der Waals surface area contributed by atoms with Crippen molar-refractivity contribution in [2.75, 3.05) is 13.1 Å². The molecule has 0 bridgehead atoms. The molecule has 0 aliphatic carbocycles. The van der Waals surface area contributed by atoms with Crippen LogP contribution in [0, 0.1) is 5.21 Å². The van der Waals surface area contributed by atoms with Gasteiger partial charge in [0, 0.05) is 6.42 Å². The minimum atomic E-state index is -1.25. The van der Waals surface area contributed by atoms with Crippen molar-refractivity contribution in [2.45, 2.75) is 6.42 Å². The molecule has 1 fully saturated rings. The van der Waals surface area contributed by atoms with Gasteiger partial charge in [-0.3, -0.25) is 4.65 Å².